The topological polar surface area (TPSA) is 41.6 Å². The largest absolute Gasteiger partial charge is 0.369 e. The Bertz CT molecular complexity index is 554. The first-order valence-corrected chi connectivity index (χ1v) is 7.75. The van der Waals surface area contributed by atoms with Crippen LogP contribution < -0.4 is 5.32 Å². The van der Waals surface area contributed by atoms with E-state index in [0.29, 0.717) is 13.1 Å². The summed E-state index contributed by atoms with van der Waals surface area (Å²) in [7, 11) is 0. The molecule has 1 aromatic rings. The number of carbonyl (C=O) groups is 1. The summed E-state index contributed by atoms with van der Waals surface area (Å²) < 4.78 is 5.90. The van der Waals surface area contributed by atoms with Gasteiger partial charge in [-0.15, -0.1) is 0 Å². The molecule has 0 spiro atoms. The third-order valence-corrected chi connectivity index (χ3v) is 4.23. The highest BCUT2D eigenvalue weighted by Crippen LogP contribution is 2.25. The fourth-order valence-corrected chi connectivity index (χ4v) is 3.51. The fraction of sp³-hybridized carbons (Fsp3) is 0.588. The van der Waals surface area contributed by atoms with Crippen molar-refractivity contribution in [3.05, 3.63) is 34.9 Å². The van der Waals surface area contributed by atoms with Crippen LogP contribution in [0.25, 0.3) is 0 Å². The minimum Gasteiger partial charge on any atom is -0.369 e. The molecule has 1 atom stereocenters. The lowest BCUT2D eigenvalue weighted by atomic mass is 9.94. The summed E-state index contributed by atoms with van der Waals surface area (Å²) in [4.78, 5) is 14.9. The molecule has 1 amide bonds. The molecular weight excluding hydrogens is 264 g/mol. The number of hydrogen-bond donors (Lipinski definition) is 1. The Kier molecular flexibility index (Phi) is 3.76. The second kappa shape index (κ2) is 5.43. The van der Waals surface area contributed by atoms with E-state index in [4.69, 9.17) is 4.74 Å². The van der Waals surface area contributed by atoms with Crippen LogP contribution in [0, 0.1) is 0 Å². The van der Waals surface area contributed by atoms with Crippen LogP contribution in [0.1, 0.15) is 42.3 Å². The van der Waals surface area contributed by atoms with Gasteiger partial charge in [0.25, 0.3) is 5.91 Å². The summed E-state index contributed by atoms with van der Waals surface area (Å²) in [5, 5.41) is 3.36. The van der Waals surface area contributed by atoms with E-state index in [2.05, 4.69) is 11.4 Å². The van der Waals surface area contributed by atoms with Gasteiger partial charge in [0.2, 0.25) is 0 Å². The Morgan fingerprint density at radius 3 is 3.00 bits per heavy atom. The number of nitrogens with zero attached hydrogens (tertiary/aromatic N) is 1. The van der Waals surface area contributed by atoms with Gasteiger partial charge in [0.05, 0.1) is 11.7 Å². The van der Waals surface area contributed by atoms with Crippen LogP contribution in [0.5, 0.6) is 0 Å². The highest BCUT2D eigenvalue weighted by molar-refractivity contribution is 5.96. The predicted octanol–water partition coefficient (Wildman–Crippen LogP) is 1.97. The van der Waals surface area contributed by atoms with Crippen molar-refractivity contribution in [1.29, 1.82) is 0 Å². The monoisotopic (exact) mass is 288 g/mol. The summed E-state index contributed by atoms with van der Waals surface area (Å²) >= 11 is 0. The first-order chi connectivity index (χ1) is 9.96. The molecule has 2 aliphatic rings. The molecule has 1 fully saturated rings. The Hall–Kier alpha value is -1.39. The van der Waals surface area contributed by atoms with Crippen LogP contribution in [0.15, 0.2) is 18.2 Å². The zero-order valence-corrected chi connectivity index (χ0v) is 13.1. The summed E-state index contributed by atoms with van der Waals surface area (Å²) in [6, 6.07) is 6.08. The molecule has 1 aromatic carbocycles. The number of rotatable bonds is 1. The first-order valence-electron chi connectivity index (χ1n) is 7.75. The molecular formula is C17H24N2O2. The highest BCUT2D eigenvalue weighted by Gasteiger charge is 2.34. The fourth-order valence-electron chi connectivity index (χ4n) is 3.51. The molecule has 1 unspecified atom stereocenters. The predicted molar refractivity (Wildman–Crippen MR) is 82.4 cm³/mol. The number of morpholine rings is 1. The van der Waals surface area contributed by atoms with Crippen molar-refractivity contribution in [3.8, 4) is 0 Å². The smallest absolute Gasteiger partial charge is 0.254 e. The molecule has 4 heteroatoms. The van der Waals surface area contributed by atoms with E-state index in [1.165, 1.54) is 11.1 Å². The first kappa shape index (κ1) is 14.5. The van der Waals surface area contributed by atoms with E-state index in [-0.39, 0.29) is 17.6 Å². The van der Waals surface area contributed by atoms with Crippen molar-refractivity contribution in [2.75, 3.05) is 19.6 Å². The van der Waals surface area contributed by atoms with Crippen molar-refractivity contribution in [3.63, 3.8) is 0 Å². The average Bonchev–Trinajstić information content (AvgIpc) is 2.44. The maximum atomic E-state index is 13.0. The minimum atomic E-state index is -0.274. The number of ether oxygens (including phenoxy) is 1. The zero-order valence-electron chi connectivity index (χ0n) is 13.1. The molecule has 0 aliphatic carbocycles. The minimum absolute atomic E-state index is 0.0823. The Morgan fingerprint density at radius 1 is 1.43 bits per heavy atom. The number of nitrogens with one attached hydrogen (secondary N) is 1. The van der Waals surface area contributed by atoms with E-state index in [0.717, 1.165) is 25.1 Å². The van der Waals surface area contributed by atoms with E-state index in [1.807, 2.05) is 37.8 Å². The van der Waals surface area contributed by atoms with Crippen LogP contribution in [-0.4, -0.2) is 42.1 Å². The van der Waals surface area contributed by atoms with E-state index < -0.39 is 0 Å². The third kappa shape index (κ3) is 2.97. The number of benzene rings is 1. The van der Waals surface area contributed by atoms with Gasteiger partial charge < -0.3 is 15.0 Å². The lowest BCUT2D eigenvalue weighted by molar-refractivity contribution is -0.118. The van der Waals surface area contributed by atoms with E-state index in [9.17, 15) is 4.79 Å². The Morgan fingerprint density at radius 2 is 2.24 bits per heavy atom. The van der Waals surface area contributed by atoms with Crippen LogP contribution in [0.3, 0.4) is 0 Å². The summed E-state index contributed by atoms with van der Waals surface area (Å²) in [5.41, 5.74) is 3.08. The van der Waals surface area contributed by atoms with Crippen molar-refractivity contribution in [2.45, 2.75) is 45.4 Å². The van der Waals surface area contributed by atoms with Crippen molar-refractivity contribution in [2.24, 2.45) is 0 Å². The molecule has 1 N–H and O–H groups in total. The zero-order chi connectivity index (χ0) is 15.0. The molecule has 0 saturated carbocycles. The van der Waals surface area contributed by atoms with Crippen molar-refractivity contribution in [1.82, 2.24) is 10.2 Å². The van der Waals surface area contributed by atoms with Gasteiger partial charge in [-0.3, -0.25) is 4.79 Å². The van der Waals surface area contributed by atoms with Crippen LogP contribution in [-0.2, 0) is 17.7 Å². The second-order valence-corrected chi connectivity index (χ2v) is 6.74. The van der Waals surface area contributed by atoms with Crippen LogP contribution in [0.4, 0.5) is 0 Å². The van der Waals surface area contributed by atoms with E-state index in [1.54, 1.807) is 0 Å². The average molecular weight is 288 g/mol. The quantitative estimate of drug-likeness (QED) is 0.859. The molecule has 3 rings (SSSR count). The van der Waals surface area contributed by atoms with Gasteiger partial charge in [-0.2, -0.15) is 0 Å². The molecule has 2 aliphatic heterocycles. The molecule has 21 heavy (non-hydrogen) atoms. The van der Waals surface area contributed by atoms with Crippen molar-refractivity contribution >= 4 is 5.91 Å². The number of hydrogen-bond acceptors (Lipinski definition) is 3. The van der Waals surface area contributed by atoms with Gasteiger partial charge in [0.1, 0.15) is 0 Å². The maximum absolute atomic E-state index is 13.0. The molecule has 2 heterocycles. The van der Waals surface area contributed by atoms with Crippen LogP contribution in [0.2, 0.25) is 0 Å². The molecule has 4 nitrogen and oxygen atoms in total. The number of fused-ring (bicyclic) bond motifs is 1. The van der Waals surface area contributed by atoms with Gasteiger partial charge in [-0.1, -0.05) is 12.1 Å². The number of carbonyl (C=O) groups excluding carboxylic acids is 1. The Labute approximate surface area is 126 Å². The summed E-state index contributed by atoms with van der Waals surface area (Å²) in [5.74, 6) is 0.150. The highest BCUT2D eigenvalue weighted by atomic mass is 16.5. The molecule has 0 aromatic heterocycles. The summed E-state index contributed by atoms with van der Waals surface area (Å²) in [6.45, 7) is 9.26. The molecule has 1 saturated heterocycles. The second-order valence-electron chi connectivity index (χ2n) is 6.74. The number of amides is 1. The Balaban J connectivity index is 1.88. The molecule has 0 radical (unpaired) electrons. The standard InChI is InChI=1S/C17H24N2O2/c1-12-10-19(11-17(2,3)21-12)16(20)15-6-4-5-13-9-18-8-7-14(13)15/h4-6,12,18H,7-11H2,1-3H3. The summed E-state index contributed by atoms with van der Waals surface area (Å²) in [6.07, 6.45) is 1.01. The molecule has 114 valence electrons. The van der Waals surface area contributed by atoms with Gasteiger partial charge >= 0.3 is 0 Å². The molecule has 0 bridgehead atoms. The van der Waals surface area contributed by atoms with Gasteiger partial charge in [0.15, 0.2) is 0 Å². The van der Waals surface area contributed by atoms with Gasteiger partial charge in [0, 0.05) is 25.2 Å². The van der Waals surface area contributed by atoms with Crippen molar-refractivity contribution < 1.29 is 9.53 Å². The lowest BCUT2D eigenvalue weighted by Gasteiger charge is -2.42. The lowest BCUT2D eigenvalue weighted by Crippen LogP contribution is -2.54. The third-order valence-electron chi connectivity index (χ3n) is 4.23. The van der Waals surface area contributed by atoms with Crippen LogP contribution >= 0.6 is 0 Å². The maximum Gasteiger partial charge on any atom is 0.254 e. The van der Waals surface area contributed by atoms with E-state index >= 15 is 0 Å². The normalized spacial score (nSPS) is 24.5. The van der Waals surface area contributed by atoms with Gasteiger partial charge in [-0.25, -0.2) is 0 Å². The SMILES string of the molecule is CC1CN(C(=O)c2cccc3c2CCNC3)CC(C)(C)O1. The van der Waals surface area contributed by atoms with Gasteiger partial charge in [-0.05, 0) is 50.9 Å².